The van der Waals surface area contributed by atoms with Crippen LogP contribution in [0.4, 0.5) is 0 Å². The van der Waals surface area contributed by atoms with Crippen LogP contribution in [0.5, 0.6) is 0 Å². The van der Waals surface area contributed by atoms with Gasteiger partial charge < -0.3 is 9.47 Å². The van der Waals surface area contributed by atoms with Crippen LogP contribution in [0.2, 0.25) is 0 Å². The molecule has 7 heteroatoms. The number of rotatable bonds is 5. The second-order valence-corrected chi connectivity index (χ2v) is 8.77. The monoisotopic (exact) mass is 412 g/mol. The summed E-state index contributed by atoms with van der Waals surface area (Å²) in [5.41, 5.74) is 4.38. The Morgan fingerprint density at radius 1 is 1.03 bits per heavy atom. The number of carbonyl (C=O) groups excluding carboxylic acids is 1. The van der Waals surface area contributed by atoms with Crippen LogP contribution in [0.15, 0.2) is 55.0 Å². The Hall–Kier alpha value is -3.48. The number of nitrogens with one attached hydrogen (secondary N) is 1. The maximum Gasteiger partial charge on any atom is 0.225 e. The third-order valence-electron chi connectivity index (χ3n) is 6.51. The first-order valence-corrected chi connectivity index (χ1v) is 10.9. The fourth-order valence-electron chi connectivity index (χ4n) is 4.59. The van der Waals surface area contributed by atoms with Gasteiger partial charge in [0.1, 0.15) is 6.33 Å². The molecule has 156 valence electrons. The molecule has 1 saturated carbocycles. The van der Waals surface area contributed by atoms with E-state index in [1.807, 2.05) is 6.20 Å². The zero-order valence-electron chi connectivity index (χ0n) is 17.2. The lowest BCUT2D eigenvalue weighted by molar-refractivity contribution is -0.131. The summed E-state index contributed by atoms with van der Waals surface area (Å²) in [6, 6.07) is 14.8. The van der Waals surface area contributed by atoms with Gasteiger partial charge in [0.25, 0.3) is 0 Å². The minimum Gasteiger partial charge on any atom is -0.342 e. The van der Waals surface area contributed by atoms with Crippen molar-refractivity contribution in [1.29, 1.82) is 0 Å². The average molecular weight is 412 g/mol. The van der Waals surface area contributed by atoms with E-state index in [4.69, 9.17) is 0 Å². The van der Waals surface area contributed by atoms with Gasteiger partial charge in [-0.25, -0.2) is 0 Å². The number of aromatic amines is 1. The summed E-state index contributed by atoms with van der Waals surface area (Å²) >= 11 is 0. The lowest BCUT2D eigenvalue weighted by atomic mass is 10.0. The van der Waals surface area contributed by atoms with Crippen molar-refractivity contribution in [1.82, 2.24) is 29.9 Å². The van der Waals surface area contributed by atoms with Crippen LogP contribution < -0.4 is 0 Å². The van der Waals surface area contributed by atoms with Crippen molar-refractivity contribution in [2.75, 3.05) is 13.1 Å². The van der Waals surface area contributed by atoms with Crippen molar-refractivity contribution < 1.29 is 4.79 Å². The Balaban J connectivity index is 1.18. The topological polar surface area (TPSA) is 79.7 Å². The SMILES string of the molecule is O=C(C1CC1)N1CC[C@@H](Cn2cnnc2-c2ccc(-c3ccc4cn[nH]c4c3)cc2)C1. The van der Waals surface area contributed by atoms with E-state index in [0.717, 1.165) is 72.3 Å². The second kappa shape index (κ2) is 7.34. The first-order valence-electron chi connectivity index (χ1n) is 10.9. The summed E-state index contributed by atoms with van der Waals surface area (Å²) in [5, 5.41) is 16.8. The molecule has 0 spiro atoms. The maximum atomic E-state index is 12.3. The van der Waals surface area contributed by atoms with E-state index in [2.05, 4.69) is 72.3 Å². The Bertz CT molecular complexity index is 1240. The summed E-state index contributed by atoms with van der Waals surface area (Å²) < 4.78 is 2.13. The summed E-state index contributed by atoms with van der Waals surface area (Å²) in [6.07, 6.45) is 6.83. The molecule has 2 aromatic heterocycles. The third kappa shape index (κ3) is 3.50. The Morgan fingerprint density at radius 3 is 2.68 bits per heavy atom. The first kappa shape index (κ1) is 18.3. The molecule has 1 aliphatic heterocycles. The van der Waals surface area contributed by atoms with Crippen molar-refractivity contribution >= 4 is 16.8 Å². The van der Waals surface area contributed by atoms with Gasteiger partial charge in [-0.1, -0.05) is 36.4 Å². The van der Waals surface area contributed by atoms with Gasteiger partial charge in [0.15, 0.2) is 5.82 Å². The number of aromatic nitrogens is 5. The Labute approximate surface area is 180 Å². The van der Waals surface area contributed by atoms with Crippen molar-refractivity contribution in [2.24, 2.45) is 11.8 Å². The molecule has 0 radical (unpaired) electrons. The molecule has 1 aliphatic carbocycles. The molecule has 2 aliphatic rings. The van der Waals surface area contributed by atoms with E-state index in [1.54, 1.807) is 6.33 Å². The molecule has 0 bridgehead atoms. The fourth-order valence-corrected chi connectivity index (χ4v) is 4.59. The van der Waals surface area contributed by atoms with Gasteiger partial charge in [0.2, 0.25) is 5.91 Å². The molecule has 1 amide bonds. The zero-order chi connectivity index (χ0) is 20.8. The highest BCUT2D eigenvalue weighted by Crippen LogP contribution is 2.33. The minimum atomic E-state index is 0.303. The molecular formula is C24H24N6O. The minimum absolute atomic E-state index is 0.303. The Kier molecular flexibility index (Phi) is 4.33. The fraction of sp³-hybridized carbons (Fsp3) is 0.333. The molecule has 1 atom stereocenters. The van der Waals surface area contributed by atoms with Gasteiger partial charge in [0, 0.05) is 36.5 Å². The molecule has 1 saturated heterocycles. The van der Waals surface area contributed by atoms with Crippen LogP contribution >= 0.6 is 0 Å². The lowest BCUT2D eigenvalue weighted by Crippen LogP contribution is -2.30. The standard InChI is InChI=1S/C24H24N6O/c31-24(19-5-6-19)29-10-9-16(13-29)14-30-15-26-28-23(30)18-3-1-17(2-4-18)20-7-8-21-12-25-27-22(21)11-20/h1-4,7-8,11-12,15-16,19H,5-6,9-10,13-14H2,(H,25,27)/t16-/m1/s1. The second-order valence-electron chi connectivity index (χ2n) is 8.77. The van der Waals surface area contributed by atoms with Crippen molar-refractivity contribution in [3.05, 3.63) is 55.0 Å². The Morgan fingerprint density at radius 2 is 1.84 bits per heavy atom. The van der Waals surface area contributed by atoms with E-state index in [-0.39, 0.29) is 0 Å². The predicted octanol–water partition coefficient (Wildman–Crippen LogP) is 3.75. The normalized spacial score (nSPS) is 18.7. The van der Waals surface area contributed by atoms with E-state index in [0.29, 0.717) is 17.7 Å². The van der Waals surface area contributed by atoms with Gasteiger partial charge in [-0.2, -0.15) is 5.10 Å². The number of fused-ring (bicyclic) bond motifs is 1. The van der Waals surface area contributed by atoms with Crippen LogP contribution in [-0.2, 0) is 11.3 Å². The summed E-state index contributed by atoms with van der Waals surface area (Å²) in [4.78, 5) is 14.4. The van der Waals surface area contributed by atoms with Crippen molar-refractivity contribution in [2.45, 2.75) is 25.8 Å². The molecule has 31 heavy (non-hydrogen) atoms. The number of carbonyl (C=O) groups is 1. The number of hydrogen-bond acceptors (Lipinski definition) is 4. The number of amides is 1. The van der Waals surface area contributed by atoms with E-state index < -0.39 is 0 Å². The zero-order valence-corrected chi connectivity index (χ0v) is 17.2. The van der Waals surface area contributed by atoms with E-state index >= 15 is 0 Å². The highest BCUT2D eigenvalue weighted by molar-refractivity contribution is 5.84. The van der Waals surface area contributed by atoms with Gasteiger partial charge >= 0.3 is 0 Å². The first-order chi connectivity index (χ1) is 15.2. The highest BCUT2D eigenvalue weighted by atomic mass is 16.2. The average Bonchev–Trinajstić information content (AvgIpc) is 3.17. The predicted molar refractivity (Wildman–Crippen MR) is 118 cm³/mol. The molecule has 1 N–H and O–H groups in total. The van der Waals surface area contributed by atoms with Gasteiger partial charge in [-0.3, -0.25) is 9.89 Å². The molecule has 2 aromatic carbocycles. The van der Waals surface area contributed by atoms with Gasteiger partial charge in [0.05, 0.1) is 11.7 Å². The molecule has 6 rings (SSSR count). The number of likely N-dealkylation sites (tertiary alicyclic amines) is 1. The number of nitrogens with zero attached hydrogens (tertiary/aromatic N) is 5. The van der Waals surface area contributed by atoms with Gasteiger partial charge in [-0.15, -0.1) is 10.2 Å². The van der Waals surface area contributed by atoms with E-state index in [9.17, 15) is 4.79 Å². The molecule has 3 heterocycles. The molecular weight excluding hydrogens is 388 g/mol. The third-order valence-corrected chi connectivity index (χ3v) is 6.51. The molecule has 2 fully saturated rings. The van der Waals surface area contributed by atoms with Crippen LogP contribution in [0.3, 0.4) is 0 Å². The highest BCUT2D eigenvalue weighted by Gasteiger charge is 2.36. The van der Waals surface area contributed by atoms with E-state index in [1.165, 1.54) is 0 Å². The summed E-state index contributed by atoms with van der Waals surface area (Å²) in [5.74, 6) is 1.99. The van der Waals surface area contributed by atoms with Crippen LogP contribution in [-0.4, -0.2) is 48.9 Å². The summed E-state index contributed by atoms with van der Waals surface area (Å²) in [7, 11) is 0. The molecule has 0 unspecified atom stereocenters. The summed E-state index contributed by atoms with van der Waals surface area (Å²) in [6.45, 7) is 2.57. The van der Waals surface area contributed by atoms with Crippen molar-refractivity contribution in [3.63, 3.8) is 0 Å². The molecule has 4 aromatic rings. The maximum absolute atomic E-state index is 12.3. The smallest absolute Gasteiger partial charge is 0.225 e. The number of benzene rings is 2. The van der Waals surface area contributed by atoms with Crippen LogP contribution in [0, 0.1) is 11.8 Å². The largest absolute Gasteiger partial charge is 0.342 e. The quantitative estimate of drug-likeness (QED) is 0.541. The lowest BCUT2D eigenvalue weighted by Gasteiger charge is -2.17. The van der Waals surface area contributed by atoms with Crippen molar-refractivity contribution in [3.8, 4) is 22.5 Å². The van der Waals surface area contributed by atoms with Gasteiger partial charge in [-0.05, 0) is 42.4 Å². The molecule has 7 nitrogen and oxygen atoms in total. The van der Waals surface area contributed by atoms with Crippen LogP contribution in [0.1, 0.15) is 19.3 Å². The number of hydrogen-bond donors (Lipinski definition) is 1. The van der Waals surface area contributed by atoms with Crippen LogP contribution in [0.25, 0.3) is 33.4 Å². The number of H-pyrrole nitrogens is 1.